The lowest BCUT2D eigenvalue weighted by atomic mass is 10.0. The van der Waals surface area contributed by atoms with Gasteiger partial charge in [-0.15, -0.1) is 0 Å². The fourth-order valence-corrected chi connectivity index (χ4v) is 3.86. The summed E-state index contributed by atoms with van der Waals surface area (Å²) in [6.45, 7) is 6.83. The van der Waals surface area contributed by atoms with E-state index in [4.69, 9.17) is 4.74 Å². The first-order valence-corrected chi connectivity index (χ1v) is 8.78. The third-order valence-electron chi connectivity index (χ3n) is 4.76. The Labute approximate surface area is 139 Å². The van der Waals surface area contributed by atoms with E-state index >= 15 is 0 Å². The van der Waals surface area contributed by atoms with Crippen LogP contribution in [0.3, 0.4) is 0 Å². The maximum absolute atomic E-state index is 11.9. The highest BCUT2D eigenvalue weighted by Gasteiger charge is 2.35. The topological polar surface area (TPSA) is 41.6 Å². The number of fused-ring (bicyclic) bond motifs is 1. The van der Waals surface area contributed by atoms with Crippen LogP contribution in [0.15, 0.2) is 24.3 Å². The molecule has 4 nitrogen and oxygen atoms in total. The molecule has 2 fully saturated rings. The number of piperidine rings is 1. The van der Waals surface area contributed by atoms with E-state index in [-0.39, 0.29) is 0 Å². The Balaban J connectivity index is 1.69. The van der Waals surface area contributed by atoms with Gasteiger partial charge in [0.25, 0.3) is 0 Å². The zero-order valence-electron chi connectivity index (χ0n) is 14.5. The Hall–Kier alpha value is -1.55. The predicted octanol–water partition coefficient (Wildman–Crippen LogP) is 4.72. The third kappa shape index (κ3) is 4.05. The van der Waals surface area contributed by atoms with E-state index in [2.05, 4.69) is 22.3 Å². The molecule has 3 rings (SSSR count). The van der Waals surface area contributed by atoms with E-state index in [0.29, 0.717) is 6.04 Å². The van der Waals surface area contributed by atoms with Crippen LogP contribution in [0.1, 0.15) is 64.5 Å². The highest BCUT2D eigenvalue weighted by atomic mass is 16.6. The Morgan fingerprint density at radius 1 is 1.22 bits per heavy atom. The van der Waals surface area contributed by atoms with Crippen molar-refractivity contribution in [1.29, 1.82) is 0 Å². The highest BCUT2D eigenvalue weighted by molar-refractivity contribution is 5.84. The number of carbonyl (C=O) groups excluding carboxylic acids is 1. The van der Waals surface area contributed by atoms with Crippen molar-refractivity contribution in [1.82, 2.24) is 4.90 Å². The number of carbonyl (C=O) groups is 1. The van der Waals surface area contributed by atoms with Crippen molar-refractivity contribution in [3.63, 3.8) is 0 Å². The maximum Gasteiger partial charge on any atom is 0.412 e. The predicted molar refractivity (Wildman–Crippen MR) is 92.6 cm³/mol. The minimum absolute atomic E-state index is 0.392. The summed E-state index contributed by atoms with van der Waals surface area (Å²) in [5.74, 6) is 0. The second-order valence-corrected chi connectivity index (χ2v) is 7.73. The summed E-state index contributed by atoms with van der Waals surface area (Å²) < 4.78 is 5.33. The van der Waals surface area contributed by atoms with Crippen LogP contribution in [0.2, 0.25) is 0 Å². The van der Waals surface area contributed by atoms with E-state index in [1.807, 2.05) is 32.9 Å². The molecule has 1 N–H and O–H groups in total. The normalized spacial score (nSPS) is 25.0. The SMILES string of the molecule is CC(C)(C)OC(=O)Nc1cccc(C2CCC3CCCCN32)c1. The number of rotatable bonds is 2. The number of nitrogens with one attached hydrogen (secondary N) is 1. The quantitative estimate of drug-likeness (QED) is 0.858. The van der Waals surface area contributed by atoms with E-state index in [0.717, 1.165) is 11.7 Å². The molecule has 126 valence electrons. The summed E-state index contributed by atoms with van der Waals surface area (Å²) in [5.41, 5.74) is 1.65. The molecule has 2 heterocycles. The monoisotopic (exact) mass is 316 g/mol. The molecule has 2 atom stereocenters. The zero-order chi connectivity index (χ0) is 16.4. The van der Waals surface area contributed by atoms with Crippen LogP contribution in [0.5, 0.6) is 0 Å². The van der Waals surface area contributed by atoms with Crippen molar-refractivity contribution in [3.05, 3.63) is 29.8 Å². The molecule has 1 aromatic rings. The molecule has 2 aliphatic heterocycles. The van der Waals surface area contributed by atoms with Crippen LogP contribution in [0.25, 0.3) is 0 Å². The number of hydrogen-bond donors (Lipinski definition) is 1. The van der Waals surface area contributed by atoms with Gasteiger partial charge in [0.1, 0.15) is 5.60 Å². The van der Waals surface area contributed by atoms with Gasteiger partial charge in [-0.3, -0.25) is 10.2 Å². The van der Waals surface area contributed by atoms with Gasteiger partial charge in [-0.25, -0.2) is 4.79 Å². The fraction of sp³-hybridized carbons (Fsp3) is 0.632. The molecular formula is C19H28N2O2. The molecule has 4 heteroatoms. The van der Waals surface area contributed by atoms with Crippen molar-refractivity contribution < 1.29 is 9.53 Å². The van der Waals surface area contributed by atoms with Gasteiger partial charge < -0.3 is 4.74 Å². The van der Waals surface area contributed by atoms with Crippen molar-refractivity contribution in [2.75, 3.05) is 11.9 Å². The summed E-state index contributed by atoms with van der Waals surface area (Å²) in [4.78, 5) is 14.6. The van der Waals surface area contributed by atoms with Crippen LogP contribution in [-0.4, -0.2) is 29.2 Å². The van der Waals surface area contributed by atoms with Gasteiger partial charge in [0.05, 0.1) is 0 Å². The maximum atomic E-state index is 11.9. The van der Waals surface area contributed by atoms with E-state index < -0.39 is 11.7 Å². The molecule has 0 bridgehead atoms. The van der Waals surface area contributed by atoms with Crippen molar-refractivity contribution in [2.45, 2.75) is 70.6 Å². The summed E-state index contributed by atoms with van der Waals surface area (Å²) in [6.07, 6.45) is 6.15. The minimum Gasteiger partial charge on any atom is -0.444 e. The van der Waals surface area contributed by atoms with E-state index in [1.165, 1.54) is 44.2 Å². The Morgan fingerprint density at radius 3 is 2.83 bits per heavy atom. The van der Waals surface area contributed by atoms with Crippen LogP contribution < -0.4 is 5.32 Å². The Morgan fingerprint density at radius 2 is 2.04 bits per heavy atom. The zero-order valence-corrected chi connectivity index (χ0v) is 14.5. The first-order chi connectivity index (χ1) is 10.9. The van der Waals surface area contributed by atoms with Gasteiger partial charge in [0.2, 0.25) is 0 Å². The number of ether oxygens (including phenoxy) is 1. The molecule has 0 aromatic heterocycles. The number of nitrogens with zero attached hydrogens (tertiary/aromatic N) is 1. The number of anilines is 1. The second-order valence-electron chi connectivity index (χ2n) is 7.73. The molecular weight excluding hydrogens is 288 g/mol. The third-order valence-corrected chi connectivity index (χ3v) is 4.76. The van der Waals surface area contributed by atoms with Crippen LogP contribution in [-0.2, 0) is 4.74 Å². The summed E-state index contributed by atoms with van der Waals surface area (Å²) >= 11 is 0. The van der Waals surface area contributed by atoms with Crippen molar-refractivity contribution >= 4 is 11.8 Å². The molecule has 0 spiro atoms. The first kappa shape index (κ1) is 16.3. The lowest BCUT2D eigenvalue weighted by molar-refractivity contribution is 0.0636. The molecule has 1 aromatic carbocycles. The lowest BCUT2D eigenvalue weighted by Gasteiger charge is -2.34. The molecule has 0 saturated carbocycles. The van der Waals surface area contributed by atoms with Crippen LogP contribution in [0, 0.1) is 0 Å². The van der Waals surface area contributed by atoms with Gasteiger partial charge in [0.15, 0.2) is 0 Å². The van der Waals surface area contributed by atoms with Gasteiger partial charge in [-0.1, -0.05) is 18.6 Å². The molecule has 2 aliphatic rings. The van der Waals surface area contributed by atoms with Gasteiger partial charge in [-0.05, 0) is 70.7 Å². The van der Waals surface area contributed by atoms with Crippen LogP contribution in [0.4, 0.5) is 10.5 Å². The largest absolute Gasteiger partial charge is 0.444 e. The standard InChI is InChI=1S/C19H28N2O2/c1-19(2,3)23-18(22)20-15-8-6-7-14(13-15)17-11-10-16-9-4-5-12-21(16)17/h6-8,13,16-17H,4-5,9-12H2,1-3H3,(H,20,22). The van der Waals surface area contributed by atoms with Crippen molar-refractivity contribution in [3.8, 4) is 0 Å². The van der Waals surface area contributed by atoms with E-state index in [9.17, 15) is 4.79 Å². The second kappa shape index (κ2) is 6.52. The number of amides is 1. The summed E-state index contributed by atoms with van der Waals surface area (Å²) in [5, 5.41) is 2.85. The summed E-state index contributed by atoms with van der Waals surface area (Å²) in [7, 11) is 0. The Kier molecular flexibility index (Phi) is 4.62. The molecule has 0 radical (unpaired) electrons. The summed E-state index contributed by atoms with van der Waals surface area (Å²) in [6, 6.07) is 9.50. The smallest absolute Gasteiger partial charge is 0.412 e. The fourth-order valence-electron chi connectivity index (χ4n) is 3.86. The van der Waals surface area contributed by atoms with E-state index in [1.54, 1.807) is 0 Å². The molecule has 23 heavy (non-hydrogen) atoms. The molecule has 0 aliphatic carbocycles. The lowest BCUT2D eigenvalue weighted by Crippen LogP contribution is -2.35. The molecule has 2 saturated heterocycles. The number of benzene rings is 1. The first-order valence-electron chi connectivity index (χ1n) is 8.78. The highest BCUT2D eigenvalue weighted by Crippen LogP contribution is 2.40. The average Bonchev–Trinajstić information content (AvgIpc) is 2.89. The minimum atomic E-state index is -0.478. The number of hydrogen-bond acceptors (Lipinski definition) is 3. The van der Waals surface area contributed by atoms with Gasteiger partial charge in [0, 0.05) is 17.8 Å². The Bertz CT molecular complexity index is 565. The van der Waals surface area contributed by atoms with Gasteiger partial charge in [-0.2, -0.15) is 0 Å². The van der Waals surface area contributed by atoms with Crippen molar-refractivity contribution in [2.24, 2.45) is 0 Å². The average molecular weight is 316 g/mol. The van der Waals surface area contributed by atoms with Crippen LogP contribution >= 0.6 is 0 Å². The molecule has 1 amide bonds. The molecule has 2 unspecified atom stereocenters. The van der Waals surface area contributed by atoms with Gasteiger partial charge >= 0.3 is 6.09 Å².